The van der Waals surface area contributed by atoms with Crippen LogP contribution in [0.1, 0.15) is 23.0 Å². The Hall–Kier alpha value is -3.16. The number of furan rings is 1. The minimum Gasteiger partial charge on any atom is -0.451 e. The minimum atomic E-state index is -1.21. The molecule has 8 heteroatoms. The summed E-state index contributed by atoms with van der Waals surface area (Å²) in [5.41, 5.74) is 4.98. The van der Waals surface area contributed by atoms with E-state index in [9.17, 15) is 14.4 Å². The van der Waals surface area contributed by atoms with Crippen LogP contribution in [-0.2, 0) is 10.3 Å². The molecule has 2 aromatic rings. The first-order valence-electron chi connectivity index (χ1n) is 6.39. The van der Waals surface area contributed by atoms with Crippen LogP contribution in [0, 0.1) is 0 Å². The molecule has 1 fully saturated rings. The molecule has 8 nitrogen and oxygen atoms in total. The van der Waals surface area contributed by atoms with Crippen LogP contribution >= 0.6 is 0 Å². The number of amides is 4. The second kappa shape index (κ2) is 4.69. The number of primary amides is 1. The quantitative estimate of drug-likeness (QED) is 0.711. The summed E-state index contributed by atoms with van der Waals surface area (Å²) in [5, 5.41) is 4.74. The SMILES string of the molecule is C[C@@]1(c2cncc(-c3ccc(C(N)=O)o3)c2)NC(=O)NC1=O. The van der Waals surface area contributed by atoms with Gasteiger partial charge in [0, 0.05) is 23.5 Å². The molecule has 0 bridgehead atoms. The summed E-state index contributed by atoms with van der Waals surface area (Å²) in [6, 6.07) is 4.13. The molecule has 3 rings (SSSR count). The number of carbonyl (C=O) groups is 3. The highest BCUT2D eigenvalue weighted by atomic mass is 16.3. The van der Waals surface area contributed by atoms with Gasteiger partial charge in [-0.2, -0.15) is 0 Å². The molecule has 0 radical (unpaired) electrons. The Morgan fingerprint density at radius 3 is 2.68 bits per heavy atom. The van der Waals surface area contributed by atoms with Crippen molar-refractivity contribution in [3.05, 3.63) is 41.9 Å². The summed E-state index contributed by atoms with van der Waals surface area (Å²) in [5.74, 6) is -0.728. The summed E-state index contributed by atoms with van der Waals surface area (Å²) in [6.07, 6.45) is 3.00. The number of nitrogens with two attached hydrogens (primary N) is 1. The third kappa shape index (κ3) is 2.10. The van der Waals surface area contributed by atoms with E-state index in [4.69, 9.17) is 10.2 Å². The fourth-order valence-electron chi connectivity index (χ4n) is 2.22. The van der Waals surface area contributed by atoms with Crippen LogP contribution in [0.2, 0.25) is 0 Å². The molecule has 0 unspecified atom stereocenters. The molecule has 1 atom stereocenters. The molecule has 1 saturated heterocycles. The number of imide groups is 1. The molecule has 1 aliphatic rings. The first-order chi connectivity index (χ1) is 10.4. The van der Waals surface area contributed by atoms with Crippen molar-refractivity contribution in [3.63, 3.8) is 0 Å². The van der Waals surface area contributed by atoms with Gasteiger partial charge in [0.2, 0.25) is 0 Å². The van der Waals surface area contributed by atoms with Crippen LogP contribution in [0.4, 0.5) is 4.79 Å². The van der Waals surface area contributed by atoms with Crippen molar-refractivity contribution >= 4 is 17.8 Å². The molecule has 0 spiro atoms. The largest absolute Gasteiger partial charge is 0.451 e. The first kappa shape index (κ1) is 13.8. The van der Waals surface area contributed by atoms with Crippen molar-refractivity contribution in [1.29, 1.82) is 0 Å². The highest BCUT2D eigenvalue weighted by Crippen LogP contribution is 2.28. The maximum absolute atomic E-state index is 11.9. The van der Waals surface area contributed by atoms with Gasteiger partial charge < -0.3 is 15.5 Å². The van der Waals surface area contributed by atoms with Crippen molar-refractivity contribution in [1.82, 2.24) is 15.6 Å². The van der Waals surface area contributed by atoms with Gasteiger partial charge in [-0.15, -0.1) is 0 Å². The van der Waals surface area contributed by atoms with Gasteiger partial charge >= 0.3 is 6.03 Å². The van der Waals surface area contributed by atoms with Crippen molar-refractivity contribution in [2.75, 3.05) is 0 Å². The number of hydrogen-bond acceptors (Lipinski definition) is 5. The molecule has 0 saturated carbocycles. The average molecular weight is 300 g/mol. The van der Waals surface area contributed by atoms with Crippen molar-refractivity contribution in [2.45, 2.75) is 12.5 Å². The number of urea groups is 1. The zero-order valence-electron chi connectivity index (χ0n) is 11.5. The third-order valence-electron chi connectivity index (χ3n) is 3.49. The maximum Gasteiger partial charge on any atom is 0.322 e. The number of nitrogens with one attached hydrogen (secondary N) is 2. The molecule has 22 heavy (non-hydrogen) atoms. The average Bonchev–Trinajstić information content (AvgIpc) is 3.05. The normalized spacial score (nSPS) is 20.6. The van der Waals surface area contributed by atoms with Crippen molar-refractivity contribution < 1.29 is 18.8 Å². The fourth-order valence-corrected chi connectivity index (χ4v) is 2.22. The molecule has 1 aliphatic heterocycles. The van der Waals surface area contributed by atoms with Crippen LogP contribution < -0.4 is 16.4 Å². The highest BCUT2D eigenvalue weighted by molar-refractivity contribution is 6.07. The van der Waals surface area contributed by atoms with Crippen LogP contribution in [0.25, 0.3) is 11.3 Å². The number of pyridine rings is 1. The lowest BCUT2D eigenvalue weighted by Crippen LogP contribution is -2.40. The van der Waals surface area contributed by atoms with E-state index < -0.39 is 23.4 Å². The molecule has 2 aromatic heterocycles. The second-order valence-electron chi connectivity index (χ2n) is 5.02. The Kier molecular flexibility index (Phi) is 2.94. The maximum atomic E-state index is 11.9. The number of rotatable bonds is 3. The minimum absolute atomic E-state index is 0.0264. The van der Waals surface area contributed by atoms with Crippen molar-refractivity contribution in [2.24, 2.45) is 5.73 Å². The van der Waals surface area contributed by atoms with Gasteiger partial charge in [-0.05, 0) is 25.1 Å². The van der Waals surface area contributed by atoms with E-state index in [1.807, 2.05) is 0 Å². The standard InChI is InChI=1S/C14H12N4O4/c1-14(12(20)17-13(21)18-14)8-4-7(5-16-6-8)9-2-3-10(22-9)11(15)19/h2-6H,1H3,(H2,15,19)(H2,17,18,20,21)/t14-/m0/s1. The Bertz CT molecular complexity index is 798. The number of hydrogen-bond donors (Lipinski definition) is 3. The summed E-state index contributed by atoms with van der Waals surface area (Å²) in [4.78, 5) is 38.4. The summed E-state index contributed by atoms with van der Waals surface area (Å²) >= 11 is 0. The molecule has 0 aliphatic carbocycles. The number of carbonyl (C=O) groups excluding carboxylic acids is 3. The van der Waals surface area contributed by atoms with E-state index in [0.717, 1.165) is 0 Å². The lowest BCUT2D eigenvalue weighted by atomic mass is 9.92. The summed E-state index contributed by atoms with van der Waals surface area (Å²) in [7, 11) is 0. The van der Waals surface area contributed by atoms with Crippen LogP contribution in [0.15, 0.2) is 35.0 Å². The summed E-state index contributed by atoms with van der Waals surface area (Å²) in [6.45, 7) is 1.57. The predicted molar refractivity (Wildman–Crippen MR) is 74.5 cm³/mol. The fraction of sp³-hybridized carbons (Fsp3) is 0.143. The smallest absolute Gasteiger partial charge is 0.322 e. The Morgan fingerprint density at radius 1 is 1.32 bits per heavy atom. The zero-order valence-corrected chi connectivity index (χ0v) is 11.5. The van der Waals surface area contributed by atoms with Gasteiger partial charge in [-0.1, -0.05) is 0 Å². The van der Waals surface area contributed by atoms with Crippen LogP contribution in [-0.4, -0.2) is 22.8 Å². The van der Waals surface area contributed by atoms with Gasteiger partial charge in [-0.3, -0.25) is 19.9 Å². The first-order valence-corrected chi connectivity index (χ1v) is 6.39. The van der Waals surface area contributed by atoms with Crippen molar-refractivity contribution in [3.8, 4) is 11.3 Å². The predicted octanol–water partition coefficient (Wildman–Crippen LogP) is 0.495. The van der Waals surface area contributed by atoms with E-state index in [1.165, 1.54) is 18.5 Å². The van der Waals surface area contributed by atoms with E-state index in [0.29, 0.717) is 16.9 Å². The lowest BCUT2D eigenvalue weighted by Gasteiger charge is -2.20. The zero-order chi connectivity index (χ0) is 15.9. The molecule has 4 amide bonds. The van der Waals surface area contributed by atoms with Gasteiger partial charge in [0.25, 0.3) is 11.8 Å². The Balaban J connectivity index is 2.01. The van der Waals surface area contributed by atoms with Crippen LogP contribution in [0.3, 0.4) is 0 Å². The van der Waals surface area contributed by atoms with Gasteiger partial charge in [0.1, 0.15) is 11.3 Å². The topological polar surface area (TPSA) is 127 Å². The molecule has 112 valence electrons. The molecular formula is C14H12N4O4. The molecule has 4 N–H and O–H groups in total. The Morgan fingerprint density at radius 2 is 2.09 bits per heavy atom. The molecule has 0 aromatic carbocycles. The molecule has 3 heterocycles. The number of nitrogens with zero attached hydrogens (tertiary/aromatic N) is 1. The van der Waals surface area contributed by atoms with Crippen LogP contribution in [0.5, 0.6) is 0 Å². The van der Waals surface area contributed by atoms with E-state index in [1.54, 1.807) is 19.1 Å². The van der Waals surface area contributed by atoms with E-state index in [2.05, 4.69) is 15.6 Å². The van der Waals surface area contributed by atoms with Gasteiger partial charge in [0.05, 0.1) is 0 Å². The second-order valence-corrected chi connectivity index (χ2v) is 5.02. The monoisotopic (exact) mass is 300 g/mol. The number of aromatic nitrogens is 1. The van der Waals surface area contributed by atoms with Gasteiger partial charge in [-0.25, -0.2) is 4.79 Å². The highest BCUT2D eigenvalue weighted by Gasteiger charge is 2.43. The van der Waals surface area contributed by atoms with Gasteiger partial charge in [0.15, 0.2) is 5.76 Å². The van der Waals surface area contributed by atoms with E-state index >= 15 is 0 Å². The van der Waals surface area contributed by atoms with E-state index in [-0.39, 0.29) is 5.76 Å². The lowest BCUT2D eigenvalue weighted by molar-refractivity contribution is -0.123. The Labute approximate surface area is 124 Å². The third-order valence-corrected chi connectivity index (χ3v) is 3.49. The summed E-state index contributed by atoms with van der Waals surface area (Å²) < 4.78 is 5.33. The molecular weight excluding hydrogens is 288 g/mol.